The molecule has 2 aliphatic heterocycles. The Morgan fingerprint density at radius 1 is 0.853 bits per heavy atom. The maximum Gasteiger partial charge on any atom is 0.139 e. The van der Waals surface area contributed by atoms with Gasteiger partial charge in [-0.05, 0) is 85.8 Å². The van der Waals surface area contributed by atoms with Gasteiger partial charge in [0, 0.05) is 13.1 Å². The number of ether oxygens (including phenoxy) is 1. The standard InChI is InChI=1S/C29H34N2O3/c32-25-12-9-23(10-13-25)27-16-11-24-5-4-6-28(33)29(24)31(27)21-22-7-14-26(15-8-22)34-20-19-30-17-2-1-3-18-30/h4-10,12-15,27,32-33H,1-3,11,16-21H2. The zero-order valence-electron chi connectivity index (χ0n) is 19.7. The predicted octanol–water partition coefficient (Wildman–Crippen LogP) is 5.66. The number of para-hydroxylation sites is 1. The fraction of sp³-hybridized carbons (Fsp3) is 0.379. The van der Waals surface area contributed by atoms with Gasteiger partial charge < -0.3 is 19.8 Å². The molecule has 0 amide bonds. The van der Waals surface area contributed by atoms with Crippen molar-refractivity contribution in [3.8, 4) is 17.2 Å². The first-order chi connectivity index (χ1) is 16.7. The monoisotopic (exact) mass is 458 g/mol. The third-order valence-corrected chi connectivity index (χ3v) is 7.13. The second kappa shape index (κ2) is 10.4. The predicted molar refractivity (Wildman–Crippen MR) is 136 cm³/mol. The van der Waals surface area contributed by atoms with Crippen LogP contribution in [0.1, 0.15) is 48.4 Å². The number of rotatable bonds is 7. The van der Waals surface area contributed by atoms with E-state index in [2.05, 4.69) is 40.1 Å². The number of aryl methyl sites for hydroxylation is 1. The molecule has 3 aromatic carbocycles. The Morgan fingerprint density at radius 3 is 2.38 bits per heavy atom. The van der Waals surface area contributed by atoms with Crippen LogP contribution >= 0.6 is 0 Å². The highest BCUT2D eigenvalue weighted by atomic mass is 16.5. The number of likely N-dealkylation sites (tertiary alicyclic amines) is 1. The molecule has 2 N–H and O–H groups in total. The molecule has 0 spiro atoms. The van der Waals surface area contributed by atoms with Crippen molar-refractivity contribution in [3.05, 3.63) is 83.4 Å². The van der Waals surface area contributed by atoms with Gasteiger partial charge in [0.15, 0.2) is 0 Å². The molecule has 1 unspecified atom stereocenters. The van der Waals surface area contributed by atoms with E-state index in [9.17, 15) is 10.2 Å². The van der Waals surface area contributed by atoms with E-state index >= 15 is 0 Å². The minimum atomic E-state index is 0.127. The van der Waals surface area contributed by atoms with Crippen LogP contribution < -0.4 is 9.64 Å². The summed E-state index contributed by atoms with van der Waals surface area (Å²) in [6.07, 6.45) is 5.82. The quantitative estimate of drug-likeness (QED) is 0.479. The van der Waals surface area contributed by atoms with Crippen molar-refractivity contribution in [1.82, 2.24) is 4.90 Å². The summed E-state index contributed by atoms with van der Waals surface area (Å²) in [6, 6.07) is 21.7. The number of benzene rings is 3. The Balaban J connectivity index is 1.30. The molecule has 0 radical (unpaired) electrons. The number of piperidine rings is 1. The van der Waals surface area contributed by atoms with Gasteiger partial charge in [-0.1, -0.05) is 42.8 Å². The zero-order valence-corrected chi connectivity index (χ0v) is 19.7. The third kappa shape index (κ3) is 5.15. The lowest BCUT2D eigenvalue weighted by Gasteiger charge is -2.39. The summed E-state index contributed by atoms with van der Waals surface area (Å²) in [5.74, 6) is 1.49. The van der Waals surface area contributed by atoms with Crippen LogP contribution in [-0.2, 0) is 13.0 Å². The maximum absolute atomic E-state index is 10.8. The fourth-order valence-electron chi connectivity index (χ4n) is 5.31. The van der Waals surface area contributed by atoms with Gasteiger partial charge >= 0.3 is 0 Å². The van der Waals surface area contributed by atoms with E-state index < -0.39 is 0 Å². The first-order valence-corrected chi connectivity index (χ1v) is 12.5. The number of nitrogens with zero attached hydrogens (tertiary/aromatic N) is 2. The van der Waals surface area contributed by atoms with E-state index in [1.165, 1.54) is 43.5 Å². The number of phenolic OH excluding ortho intramolecular Hbond substituents is 2. The second-order valence-corrected chi connectivity index (χ2v) is 9.45. The number of hydrogen-bond donors (Lipinski definition) is 2. The number of aromatic hydroxyl groups is 2. The van der Waals surface area contributed by atoms with Crippen LogP contribution in [-0.4, -0.2) is 41.4 Å². The molecule has 5 nitrogen and oxygen atoms in total. The molecule has 1 fully saturated rings. The Kier molecular flexibility index (Phi) is 6.91. The Hall–Kier alpha value is -3.18. The number of phenols is 2. The molecular formula is C29H34N2O3. The van der Waals surface area contributed by atoms with Crippen molar-refractivity contribution in [3.63, 3.8) is 0 Å². The Bertz CT molecular complexity index is 1080. The summed E-state index contributed by atoms with van der Waals surface area (Å²) in [7, 11) is 0. The molecule has 1 saturated heterocycles. The summed E-state index contributed by atoms with van der Waals surface area (Å²) in [5.41, 5.74) is 4.40. The molecule has 0 aromatic heterocycles. The number of anilines is 1. The van der Waals surface area contributed by atoms with E-state index in [0.717, 1.165) is 43.0 Å². The molecule has 2 aliphatic rings. The van der Waals surface area contributed by atoms with Crippen molar-refractivity contribution < 1.29 is 14.9 Å². The van der Waals surface area contributed by atoms with Crippen molar-refractivity contribution >= 4 is 5.69 Å². The van der Waals surface area contributed by atoms with Crippen LogP contribution in [0.15, 0.2) is 66.7 Å². The molecule has 34 heavy (non-hydrogen) atoms. The largest absolute Gasteiger partial charge is 0.508 e. The third-order valence-electron chi connectivity index (χ3n) is 7.13. The lowest BCUT2D eigenvalue weighted by molar-refractivity contribution is 0.183. The van der Waals surface area contributed by atoms with Gasteiger partial charge in [0.05, 0.1) is 11.7 Å². The molecule has 3 aromatic rings. The minimum absolute atomic E-state index is 0.127. The highest BCUT2D eigenvalue weighted by molar-refractivity contribution is 5.66. The van der Waals surface area contributed by atoms with E-state index in [1.807, 2.05) is 18.2 Å². The molecule has 5 rings (SSSR count). The van der Waals surface area contributed by atoms with E-state index in [-0.39, 0.29) is 11.8 Å². The van der Waals surface area contributed by atoms with Crippen LogP contribution in [0, 0.1) is 0 Å². The lowest BCUT2D eigenvalue weighted by atomic mass is 9.90. The Morgan fingerprint density at radius 2 is 1.62 bits per heavy atom. The van der Waals surface area contributed by atoms with E-state index in [1.54, 1.807) is 18.2 Å². The highest BCUT2D eigenvalue weighted by Crippen LogP contribution is 2.44. The SMILES string of the molecule is Oc1ccc(C2CCc3cccc(O)c3N2Cc2ccc(OCCN3CCCCC3)cc2)cc1. The van der Waals surface area contributed by atoms with Crippen molar-refractivity contribution in [2.75, 3.05) is 31.1 Å². The minimum Gasteiger partial charge on any atom is -0.508 e. The van der Waals surface area contributed by atoms with E-state index in [4.69, 9.17) is 4.74 Å². The Labute approximate surface area is 202 Å². The summed E-state index contributed by atoms with van der Waals surface area (Å²) in [6.45, 7) is 4.77. The van der Waals surface area contributed by atoms with Gasteiger partial charge in [-0.3, -0.25) is 4.90 Å². The zero-order chi connectivity index (χ0) is 23.3. The van der Waals surface area contributed by atoms with Gasteiger partial charge in [0.2, 0.25) is 0 Å². The molecule has 0 bridgehead atoms. The molecular weight excluding hydrogens is 424 g/mol. The molecule has 0 aliphatic carbocycles. The highest BCUT2D eigenvalue weighted by Gasteiger charge is 2.29. The number of hydrogen-bond acceptors (Lipinski definition) is 5. The van der Waals surface area contributed by atoms with Gasteiger partial charge in [-0.15, -0.1) is 0 Å². The van der Waals surface area contributed by atoms with Crippen LogP contribution in [0.5, 0.6) is 17.2 Å². The first-order valence-electron chi connectivity index (χ1n) is 12.5. The summed E-state index contributed by atoms with van der Waals surface area (Å²) < 4.78 is 6.01. The normalized spacial score (nSPS) is 18.5. The summed E-state index contributed by atoms with van der Waals surface area (Å²) in [5, 5.41) is 20.5. The van der Waals surface area contributed by atoms with Crippen LogP contribution in [0.2, 0.25) is 0 Å². The number of fused-ring (bicyclic) bond motifs is 1. The molecule has 2 heterocycles. The fourth-order valence-corrected chi connectivity index (χ4v) is 5.31. The molecule has 1 atom stereocenters. The average Bonchev–Trinajstić information content (AvgIpc) is 2.87. The van der Waals surface area contributed by atoms with Crippen LogP contribution in [0.25, 0.3) is 0 Å². The van der Waals surface area contributed by atoms with Crippen LogP contribution in [0.3, 0.4) is 0 Å². The van der Waals surface area contributed by atoms with Gasteiger partial charge in [-0.25, -0.2) is 0 Å². The second-order valence-electron chi connectivity index (χ2n) is 9.45. The first kappa shape index (κ1) is 22.6. The lowest BCUT2D eigenvalue weighted by Crippen LogP contribution is -2.33. The van der Waals surface area contributed by atoms with Gasteiger partial charge in [-0.2, -0.15) is 0 Å². The average molecular weight is 459 g/mol. The van der Waals surface area contributed by atoms with Gasteiger partial charge in [0.1, 0.15) is 23.9 Å². The van der Waals surface area contributed by atoms with Crippen molar-refractivity contribution in [2.45, 2.75) is 44.7 Å². The van der Waals surface area contributed by atoms with Crippen molar-refractivity contribution in [2.24, 2.45) is 0 Å². The summed E-state index contributed by atoms with van der Waals surface area (Å²) >= 11 is 0. The maximum atomic E-state index is 10.8. The van der Waals surface area contributed by atoms with E-state index in [0.29, 0.717) is 12.3 Å². The molecule has 178 valence electrons. The van der Waals surface area contributed by atoms with Crippen molar-refractivity contribution in [1.29, 1.82) is 0 Å². The smallest absolute Gasteiger partial charge is 0.139 e. The molecule has 0 saturated carbocycles. The van der Waals surface area contributed by atoms with Gasteiger partial charge in [0.25, 0.3) is 0 Å². The molecule has 5 heteroatoms. The van der Waals surface area contributed by atoms with Crippen LogP contribution in [0.4, 0.5) is 5.69 Å². The summed E-state index contributed by atoms with van der Waals surface area (Å²) in [4.78, 5) is 4.79. The topological polar surface area (TPSA) is 56.2 Å².